The Morgan fingerprint density at radius 2 is 1.84 bits per heavy atom. The lowest BCUT2D eigenvalue weighted by molar-refractivity contribution is 0.0954. The third-order valence-electron chi connectivity index (χ3n) is 3.88. The molecule has 128 valence electrons. The van der Waals surface area contributed by atoms with Gasteiger partial charge in [-0.15, -0.1) is 0 Å². The summed E-state index contributed by atoms with van der Waals surface area (Å²) < 4.78 is 7.17. The minimum absolute atomic E-state index is 0.134. The molecule has 0 saturated heterocycles. The Balaban J connectivity index is 2.11. The van der Waals surface area contributed by atoms with Crippen molar-refractivity contribution in [2.24, 2.45) is 0 Å². The number of carbonyl (C=O) groups is 1. The normalized spacial score (nSPS) is 10.5. The van der Waals surface area contributed by atoms with Gasteiger partial charge in [0.1, 0.15) is 11.4 Å². The average molecular weight is 335 g/mol. The van der Waals surface area contributed by atoms with Gasteiger partial charge in [-0.05, 0) is 30.7 Å². The summed E-state index contributed by atoms with van der Waals surface area (Å²) >= 11 is 0. The van der Waals surface area contributed by atoms with E-state index in [1.807, 2.05) is 61.5 Å². The van der Waals surface area contributed by atoms with E-state index in [-0.39, 0.29) is 5.91 Å². The number of nitrogens with zero attached hydrogens (tertiary/aromatic N) is 2. The number of aromatic nitrogens is 2. The molecular formula is C20H21N3O2. The molecule has 1 aromatic heterocycles. The first-order chi connectivity index (χ1) is 12.2. The molecule has 0 radical (unpaired) electrons. The second-order valence-electron chi connectivity index (χ2n) is 5.63. The standard InChI is InChI=1S/C20H21N3O2/c1-3-13-21-20(24)17-14-23(15-9-5-4-6-10-15)22-19(17)16-11-7-8-12-18(16)25-2/h4-12,14H,3,13H2,1-2H3,(H,21,24). The maximum atomic E-state index is 12.6. The maximum Gasteiger partial charge on any atom is 0.255 e. The molecule has 0 aliphatic rings. The summed E-state index contributed by atoms with van der Waals surface area (Å²) in [6.45, 7) is 2.65. The molecule has 0 aliphatic carbocycles. The number of benzene rings is 2. The molecule has 0 fully saturated rings. The molecule has 0 spiro atoms. The highest BCUT2D eigenvalue weighted by atomic mass is 16.5. The number of methoxy groups -OCH3 is 1. The number of hydrogen-bond acceptors (Lipinski definition) is 3. The monoisotopic (exact) mass is 335 g/mol. The van der Waals surface area contributed by atoms with E-state index in [9.17, 15) is 4.79 Å². The highest BCUT2D eigenvalue weighted by Gasteiger charge is 2.20. The van der Waals surface area contributed by atoms with Crippen LogP contribution in [-0.2, 0) is 0 Å². The maximum absolute atomic E-state index is 12.6. The summed E-state index contributed by atoms with van der Waals surface area (Å²) in [6.07, 6.45) is 2.64. The van der Waals surface area contributed by atoms with E-state index < -0.39 is 0 Å². The number of para-hydroxylation sites is 2. The van der Waals surface area contributed by atoms with Gasteiger partial charge in [0.2, 0.25) is 0 Å². The summed E-state index contributed by atoms with van der Waals surface area (Å²) in [6, 6.07) is 17.3. The highest BCUT2D eigenvalue weighted by molar-refractivity contribution is 6.00. The number of hydrogen-bond donors (Lipinski definition) is 1. The molecule has 0 bridgehead atoms. The van der Waals surface area contributed by atoms with Crippen LogP contribution in [0.1, 0.15) is 23.7 Å². The first kappa shape index (κ1) is 16.8. The number of rotatable bonds is 6. The zero-order valence-electron chi connectivity index (χ0n) is 14.4. The lowest BCUT2D eigenvalue weighted by atomic mass is 10.1. The zero-order chi connectivity index (χ0) is 17.6. The van der Waals surface area contributed by atoms with Crippen LogP contribution in [0.5, 0.6) is 5.75 Å². The number of amides is 1. The Kier molecular flexibility index (Phi) is 5.14. The topological polar surface area (TPSA) is 56.2 Å². The van der Waals surface area contributed by atoms with E-state index in [1.54, 1.807) is 18.0 Å². The van der Waals surface area contributed by atoms with Crippen LogP contribution in [0.25, 0.3) is 16.9 Å². The van der Waals surface area contributed by atoms with E-state index >= 15 is 0 Å². The van der Waals surface area contributed by atoms with Gasteiger partial charge in [-0.2, -0.15) is 5.10 Å². The fourth-order valence-corrected chi connectivity index (χ4v) is 2.63. The Morgan fingerprint density at radius 1 is 1.12 bits per heavy atom. The van der Waals surface area contributed by atoms with E-state index in [0.29, 0.717) is 23.6 Å². The van der Waals surface area contributed by atoms with Crippen molar-refractivity contribution >= 4 is 5.91 Å². The first-order valence-corrected chi connectivity index (χ1v) is 8.31. The Morgan fingerprint density at radius 3 is 2.56 bits per heavy atom. The van der Waals surface area contributed by atoms with Gasteiger partial charge in [0.15, 0.2) is 0 Å². The largest absolute Gasteiger partial charge is 0.496 e. The van der Waals surface area contributed by atoms with Gasteiger partial charge in [0.25, 0.3) is 5.91 Å². The molecule has 3 aromatic rings. The summed E-state index contributed by atoms with van der Waals surface area (Å²) in [5.41, 5.74) is 2.83. The predicted molar refractivity (Wildman–Crippen MR) is 98.2 cm³/mol. The molecule has 3 rings (SSSR count). The van der Waals surface area contributed by atoms with E-state index in [4.69, 9.17) is 4.74 Å². The summed E-state index contributed by atoms with van der Waals surface area (Å²) in [5.74, 6) is 0.551. The van der Waals surface area contributed by atoms with Gasteiger partial charge in [-0.3, -0.25) is 4.79 Å². The highest BCUT2D eigenvalue weighted by Crippen LogP contribution is 2.31. The first-order valence-electron chi connectivity index (χ1n) is 8.31. The lowest BCUT2D eigenvalue weighted by Gasteiger charge is -2.08. The van der Waals surface area contributed by atoms with Crippen molar-refractivity contribution in [2.75, 3.05) is 13.7 Å². The SMILES string of the molecule is CCCNC(=O)c1cn(-c2ccccc2)nc1-c1ccccc1OC. The Bertz CT molecular complexity index is 856. The van der Waals surface area contributed by atoms with Gasteiger partial charge in [0.05, 0.1) is 18.4 Å². The Labute approximate surface area is 147 Å². The number of carbonyl (C=O) groups excluding carboxylic acids is 1. The van der Waals surface area contributed by atoms with Crippen LogP contribution < -0.4 is 10.1 Å². The van der Waals surface area contributed by atoms with Crippen molar-refractivity contribution in [3.05, 3.63) is 66.4 Å². The average Bonchev–Trinajstić information content (AvgIpc) is 3.12. The van der Waals surface area contributed by atoms with Gasteiger partial charge in [0, 0.05) is 18.3 Å². The zero-order valence-corrected chi connectivity index (χ0v) is 14.4. The third-order valence-corrected chi connectivity index (χ3v) is 3.88. The molecule has 1 amide bonds. The van der Waals surface area contributed by atoms with Crippen LogP contribution in [0.2, 0.25) is 0 Å². The molecule has 1 heterocycles. The van der Waals surface area contributed by atoms with E-state index in [1.165, 1.54) is 0 Å². The van der Waals surface area contributed by atoms with Crippen molar-refractivity contribution in [1.29, 1.82) is 0 Å². The lowest BCUT2D eigenvalue weighted by Crippen LogP contribution is -2.24. The summed E-state index contributed by atoms with van der Waals surface area (Å²) in [4.78, 5) is 12.6. The van der Waals surface area contributed by atoms with Gasteiger partial charge in [-0.1, -0.05) is 37.3 Å². The van der Waals surface area contributed by atoms with Crippen LogP contribution in [0.15, 0.2) is 60.8 Å². The van der Waals surface area contributed by atoms with Gasteiger partial charge >= 0.3 is 0 Å². The molecule has 0 unspecified atom stereocenters. The minimum Gasteiger partial charge on any atom is -0.496 e. The second-order valence-corrected chi connectivity index (χ2v) is 5.63. The third kappa shape index (κ3) is 3.55. The molecule has 0 aliphatic heterocycles. The molecule has 0 atom stereocenters. The molecule has 5 heteroatoms. The van der Waals surface area contributed by atoms with Crippen LogP contribution in [0, 0.1) is 0 Å². The van der Waals surface area contributed by atoms with Crippen LogP contribution in [0.3, 0.4) is 0 Å². The quantitative estimate of drug-likeness (QED) is 0.747. The molecule has 2 aromatic carbocycles. The van der Waals surface area contributed by atoms with Crippen molar-refractivity contribution < 1.29 is 9.53 Å². The van der Waals surface area contributed by atoms with Crippen molar-refractivity contribution in [3.8, 4) is 22.7 Å². The number of ether oxygens (including phenoxy) is 1. The predicted octanol–water partition coefficient (Wildman–Crippen LogP) is 3.69. The summed E-state index contributed by atoms with van der Waals surface area (Å²) in [7, 11) is 1.61. The molecule has 1 N–H and O–H groups in total. The van der Waals surface area contributed by atoms with Crippen LogP contribution >= 0.6 is 0 Å². The Hall–Kier alpha value is -3.08. The minimum atomic E-state index is -0.134. The van der Waals surface area contributed by atoms with Crippen molar-refractivity contribution in [3.63, 3.8) is 0 Å². The second kappa shape index (κ2) is 7.66. The van der Waals surface area contributed by atoms with Crippen molar-refractivity contribution in [2.45, 2.75) is 13.3 Å². The van der Waals surface area contributed by atoms with Crippen molar-refractivity contribution in [1.82, 2.24) is 15.1 Å². The molecular weight excluding hydrogens is 314 g/mol. The number of nitrogens with one attached hydrogen (secondary N) is 1. The van der Waals surface area contributed by atoms with Crippen LogP contribution in [0.4, 0.5) is 0 Å². The molecule has 25 heavy (non-hydrogen) atoms. The fourth-order valence-electron chi connectivity index (χ4n) is 2.63. The fraction of sp³-hybridized carbons (Fsp3) is 0.200. The smallest absolute Gasteiger partial charge is 0.255 e. The summed E-state index contributed by atoms with van der Waals surface area (Å²) in [5, 5.41) is 7.59. The van der Waals surface area contributed by atoms with Crippen LogP contribution in [-0.4, -0.2) is 29.3 Å². The van der Waals surface area contributed by atoms with E-state index in [2.05, 4.69) is 10.4 Å². The molecule has 5 nitrogen and oxygen atoms in total. The molecule has 0 saturated carbocycles. The van der Waals surface area contributed by atoms with Gasteiger partial charge < -0.3 is 10.1 Å². The van der Waals surface area contributed by atoms with E-state index in [0.717, 1.165) is 17.7 Å². The van der Waals surface area contributed by atoms with Gasteiger partial charge in [-0.25, -0.2) is 4.68 Å².